The Balaban J connectivity index is 2.51. The number of aryl methyl sites for hydroxylation is 1. The highest BCUT2D eigenvalue weighted by Crippen LogP contribution is 2.40. The van der Waals surface area contributed by atoms with Crippen molar-refractivity contribution in [1.29, 1.82) is 0 Å². The van der Waals surface area contributed by atoms with Crippen molar-refractivity contribution in [3.63, 3.8) is 0 Å². The molecule has 1 fully saturated rings. The Bertz CT molecular complexity index is 563. The molecule has 20 heavy (non-hydrogen) atoms. The summed E-state index contributed by atoms with van der Waals surface area (Å²) in [6.45, 7) is 1.80. The van der Waals surface area contributed by atoms with Crippen LogP contribution in [0.2, 0.25) is 0 Å². The summed E-state index contributed by atoms with van der Waals surface area (Å²) in [6.07, 6.45) is 0.202. The molecule has 1 aliphatic rings. The maximum absolute atomic E-state index is 12.2. The van der Waals surface area contributed by atoms with Gasteiger partial charge in [-0.05, 0) is 24.5 Å². The molecule has 5 heteroatoms. The molecule has 0 spiro atoms. The van der Waals surface area contributed by atoms with E-state index >= 15 is 0 Å². The van der Waals surface area contributed by atoms with E-state index in [1.165, 1.54) is 0 Å². The zero-order valence-corrected chi connectivity index (χ0v) is 11.1. The summed E-state index contributed by atoms with van der Waals surface area (Å²) in [4.78, 5) is 34.9. The van der Waals surface area contributed by atoms with Gasteiger partial charge in [-0.2, -0.15) is 0 Å². The van der Waals surface area contributed by atoms with Gasteiger partial charge in [-0.25, -0.2) is 0 Å². The monoisotopic (exact) mass is 276 g/mol. The van der Waals surface area contributed by atoms with Gasteiger partial charge in [-0.3, -0.25) is 14.4 Å². The number of rotatable bonds is 3. The molecule has 2 unspecified atom stereocenters. The van der Waals surface area contributed by atoms with E-state index in [4.69, 9.17) is 0 Å². The number of benzene rings is 1. The molecule has 5 nitrogen and oxygen atoms in total. The van der Waals surface area contributed by atoms with E-state index in [0.717, 1.165) is 5.56 Å². The molecule has 0 amide bonds. The normalized spacial score (nSPS) is 26.2. The summed E-state index contributed by atoms with van der Waals surface area (Å²) in [5, 5.41) is 18.6. The molecule has 3 atom stereocenters. The van der Waals surface area contributed by atoms with E-state index in [1.54, 1.807) is 31.2 Å². The van der Waals surface area contributed by atoms with Gasteiger partial charge in [-0.1, -0.05) is 24.3 Å². The molecule has 1 aromatic rings. The van der Waals surface area contributed by atoms with Crippen molar-refractivity contribution in [2.45, 2.75) is 25.7 Å². The second-order valence-electron chi connectivity index (χ2n) is 5.15. The van der Waals surface area contributed by atoms with E-state index < -0.39 is 29.7 Å². The summed E-state index contributed by atoms with van der Waals surface area (Å²) in [7, 11) is 0. The zero-order valence-electron chi connectivity index (χ0n) is 11.1. The van der Waals surface area contributed by atoms with Gasteiger partial charge in [0.25, 0.3) is 0 Å². The number of ketones is 1. The molecule has 0 radical (unpaired) electrons. The molecule has 1 aromatic carbocycles. The fourth-order valence-corrected chi connectivity index (χ4v) is 2.96. The average molecular weight is 276 g/mol. The van der Waals surface area contributed by atoms with Gasteiger partial charge >= 0.3 is 11.9 Å². The van der Waals surface area contributed by atoms with Gasteiger partial charge in [-0.15, -0.1) is 0 Å². The van der Waals surface area contributed by atoms with Crippen molar-refractivity contribution >= 4 is 17.7 Å². The van der Waals surface area contributed by atoms with Crippen molar-refractivity contribution in [3.8, 4) is 0 Å². The molecule has 0 bridgehead atoms. The van der Waals surface area contributed by atoms with Crippen LogP contribution in [0.1, 0.15) is 29.9 Å². The molecule has 0 heterocycles. The lowest BCUT2D eigenvalue weighted by Gasteiger charge is -2.33. The van der Waals surface area contributed by atoms with Gasteiger partial charge in [0, 0.05) is 6.42 Å². The topological polar surface area (TPSA) is 91.7 Å². The van der Waals surface area contributed by atoms with Crippen LogP contribution in [0.15, 0.2) is 24.3 Å². The van der Waals surface area contributed by atoms with Gasteiger partial charge in [0.15, 0.2) is 0 Å². The van der Waals surface area contributed by atoms with Gasteiger partial charge < -0.3 is 10.2 Å². The van der Waals surface area contributed by atoms with Crippen molar-refractivity contribution in [2.24, 2.45) is 11.8 Å². The van der Waals surface area contributed by atoms with Crippen molar-refractivity contribution in [1.82, 2.24) is 0 Å². The Kier molecular flexibility index (Phi) is 3.88. The minimum atomic E-state index is -1.22. The first-order chi connectivity index (χ1) is 9.43. The fraction of sp³-hybridized carbons (Fsp3) is 0.400. The second kappa shape index (κ2) is 5.45. The van der Waals surface area contributed by atoms with Crippen LogP contribution < -0.4 is 0 Å². The Morgan fingerprint density at radius 1 is 1.15 bits per heavy atom. The van der Waals surface area contributed by atoms with Crippen LogP contribution >= 0.6 is 0 Å². The SMILES string of the molecule is Cc1ccccc1C1C(=O)CC[C@@H](C(=O)O)C1C(=O)O. The lowest BCUT2D eigenvalue weighted by molar-refractivity contribution is -0.158. The van der Waals surface area contributed by atoms with E-state index in [1.807, 2.05) is 0 Å². The number of hydrogen-bond donors (Lipinski definition) is 2. The molecule has 0 aliphatic heterocycles. The first-order valence-electron chi connectivity index (χ1n) is 6.47. The Morgan fingerprint density at radius 2 is 1.80 bits per heavy atom. The quantitative estimate of drug-likeness (QED) is 0.879. The second-order valence-corrected chi connectivity index (χ2v) is 5.15. The Morgan fingerprint density at radius 3 is 2.35 bits per heavy atom. The fourth-order valence-electron chi connectivity index (χ4n) is 2.96. The smallest absolute Gasteiger partial charge is 0.308 e. The zero-order chi connectivity index (χ0) is 14.9. The summed E-state index contributed by atoms with van der Waals surface area (Å²) in [6, 6.07) is 7.04. The number of hydrogen-bond acceptors (Lipinski definition) is 3. The predicted octanol–water partition coefficient (Wildman–Crippen LogP) is 1.84. The van der Waals surface area contributed by atoms with E-state index in [2.05, 4.69) is 0 Å². The number of carbonyl (C=O) groups is 3. The Hall–Kier alpha value is -2.17. The van der Waals surface area contributed by atoms with Crippen LogP contribution in [0.4, 0.5) is 0 Å². The van der Waals surface area contributed by atoms with Crippen LogP contribution in [0, 0.1) is 18.8 Å². The molecule has 2 rings (SSSR count). The maximum atomic E-state index is 12.2. The standard InChI is InChI=1S/C15H16O5/c1-8-4-2-3-5-9(8)12-11(16)7-6-10(14(17)18)13(12)15(19)20/h2-5,10,12-13H,6-7H2,1H3,(H,17,18)(H,19,20)/t10-,12?,13?/m1/s1. The third-order valence-corrected chi connectivity index (χ3v) is 3.97. The minimum absolute atomic E-state index is 0.0908. The third-order valence-electron chi connectivity index (χ3n) is 3.97. The number of carboxylic acids is 2. The molecule has 2 N–H and O–H groups in total. The number of aliphatic carboxylic acids is 2. The average Bonchev–Trinajstić information content (AvgIpc) is 2.38. The molecule has 0 saturated heterocycles. The van der Waals surface area contributed by atoms with Gasteiger partial charge in [0.2, 0.25) is 0 Å². The highest BCUT2D eigenvalue weighted by Gasteiger charge is 2.47. The maximum Gasteiger partial charge on any atom is 0.308 e. The third kappa shape index (κ3) is 2.43. The minimum Gasteiger partial charge on any atom is -0.481 e. The molecule has 1 saturated carbocycles. The van der Waals surface area contributed by atoms with Gasteiger partial charge in [0.05, 0.1) is 17.8 Å². The van der Waals surface area contributed by atoms with Crippen molar-refractivity contribution < 1.29 is 24.6 Å². The number of carbonyl (C=O) groups excluding carboxylic acids is 1. The number of Topliss-reactive ketones (excluding diaryl/α,β-unsaturated/α-hetero) is 1. The van der Waals surface area contributed by atoms with Crippen LogP contribution in [0.3, 0.4) is 0 Å². The van der Waals surface area contributed by atoms with E-state index in [0.29, 0.717) is 5.56 Å². The van der Waals surface area contributed by atoms with Gasteiger partial charge in [0.1, 0.15) is 5.78 Å². The summed E-state index contributed by atoms with van der Waals surface area (Å²) in [5.41, 5.74) is 1.43. The van der Waals surface area contributed by atoms with Crippen LogP contribution in [0.25, 0.3) is 0 Å². The molecular formula is C15H16O5. The first kappa shape index (κ1) is 14.2. The van der Waals surface area contributed by atoms with Crippen LogP contribution in [-0.4, -0.2) is 27.9 Å². The lowest BCUT2D eigenvalue weighted by atomic mass is 9.68. The predicted molar refractivity (Wildman–Crippen MR) is 70.4 cm³/mol. The number of carboxylic acid groups (broad SMARTS) is 2. The van der Waals surface area contributed by atoms with Crippen molar-refractivity contribution in [3.05, 3.63) is 35.4 Å². The van der Waals surface area contributed by atoms with Crippen molar-refractivity contribution in [2.75, 3.05) is 0 Å². The van der Waals surface area contributed by atoms with Crippen LogP contribution in [-0.2, 0) is 14.4 Å². The highest BCUT2D eigenvalue weighted by molar-refractivity contribution is 5.95. The summed E-state index contributed by atoms with van der Waals surface area (Å²) in [5.74, 6) is -5.65. The molecule has 0 aromatic heterocycles. The van der Waals surface area contributed by atoms with Crippen LogP contribution in [0.5, 0.6) is 0 Å². The largest absolute Gasteiger partial charge is 0.481 e. The van der Waals surface area contributed by atoms with E-state index in [-0.39, 0.29) is 18.6 Å². The first-order valence-corrected chi connectivity index (χ1v) is 6.47. The molecule has 106 valence electrons. The summed E-state index contributed by atoms with van der Waals surface area (Å²) >= 11 is 0. The molecule has 1 aliphatic carbocycles. The summed E-state index contributed by atoms with van der Waals surface area (Å²) < 4.78 is 0. The Labute approximate surface area is 116 Å². The van der Waals surface area contributed by atoms with E-state index in [9.17, 15) is 24.6 Å². The lowest BCUT2D eigenvalue weighted by Crippen LogP contribution is -2.42. The molecular weight excluding hydrogens is 260 g/mol. The highest BCUT2D eigenvalue weighted by atomic mass is 16.4.